The van der Waals surface area contributed by atoms with Gasteiger partial charge in [-0.25, -0.2) is 0 Å². The molecule has 0 bridgehead atoms. The van der Waals surface area contributed by atoms with Gasteiger partial charge in [0.25, 0.3) is 0 Å². The van der Waals surface area contributed by atoms with Crippen molar-refractivity contribution in [2.75, 3.05) is 7.11 Å². The molecule has 1 fully saturated rings. The summed E-state index contributed by atoms with van der Waals surface area (Å²) in [5.41, 5.74) is 0.802. The van der Waals surface area contributed by atoms with Gasteiger partial charge >= 0.3 is 13.3 Å². The molecule has 0 N–H and O–H groups in total. The van der Waals surface area contributed by atoms with Crippen LogP contribution in [0.3, 0.4) is 0 Å². The lowest BCUT2D eigenvalue weighted by atomic mass is 9.75. The molecule has 1 aromatic rings. The van der Waals surface area contributed by atoms with Crippen molar-refractivity contribution in [3.8, 4) is 0 Å². The molecule has 2 aliphatic rings. The molecule has 1 aliphatic heterocycles. The first-order valence-electron chi connectivity index (χ1n) is 7.30. The standard InChI is InChI=1S/C16H16BF3O3/c1-10(21-2)11-6-3-4-8-13(11)17-22-14-9-5-7-12(15(14)23-17)16(18,19)20/h3-10,14-15H,1-2H3/t10-,14-,15+/m0/s1. The second-order valence-corrected chi connectivity index (χ2v) is 5.50. The van der Waals surface area contributed by atoms with Crippen molar-refractivity contribution in [1.82, 2.24) is 0 Å². The van der Waals surface area contributed by atoms with Crippen LogP contribution in [0.1, 0.15) is 18.6 Å². The number of hydrogen-bond acceptors (Lipinski definition) is 3. The highest BCUT2D eigenvalue weighted by Gasteiger charge is 2.50. The molecule has 0 amide bonds. The van der Waals surface area contributed by atoms with Crippen molar-refractivity contribution in [2.24, 2.45) is 0 Å². The van der Waals surface area contributed by atoms with Crippen LogP contribution in [-0.2, 0) is 14.0 Å². The number of halogens is 3. The van der Waals surface area contributed by atoms with E-state index >= 15 is 0 Å². The summed E-state index contributed by atoms with van der Waals surface area (Å²) in [5, 5.41) is 0. The number of benzene rings is 1. The maximum Gasteiger partial charge on any atom is 0.495 e. The maximum atomic E-state index is 13.1. The first kappa shape index (κ1) is 16.3. The molecule has 3 nitrogen and oxygen atoms in total. The first-order valence-corrected chi connectivity index (χ1v) is 7.30. The van der Waals surface area contributed by atoms with E-state index in [0.29, 0.717) is 5.46 Å². The highest BCUT2D eigenvalue weighted by Crippen LogP contribution is 2.37. The number of ether oxygens (including phenoxy) is 1. The fraction of sp³-hybridized carbons (Fsp3) is 0.375. The summed E-state index contributed by atoms with van der Waals surface area (Å²) in [5.74, 6) is 0. The second kappa shape index (κ2) is 6.15. The van der Waals surface area contributed by atoms with E-state index < -0.39 is 31.1 Å². The van der Waals surface area contributed by atoms with Gasteiger partial charge in [-0.3, -0.25) is 0 Å². The lowest BCUT2D eigenvalue weighted by Crippen LogP contribution is -2.37. The van der Waals surface area contributed by atoms with E-state index in [1.54, 1.807) is 25.3 Å². The van der Waals surface area contributed by atoms with Crippen molar-refractivity contribution < 1.29 is 27.2 Å². The average molecular weight is 324 g/mol. The Kier molecular flexibility index (Phi) is 4.36. The number of alkyl halides is 3. The minimum absolute atomic E-state index is 0.214. The van der Waals surface area contributed by atoms with Gasteiger partial charge in [0.15, 0.2) is 0 Å². The fourth-order valence-corrected chi connectivity index (χ4v) is 2.84. The molecule has 0 radical (unpaired) electrons. The van der Waals surface area contributed by atoms with E-state index in [2.05, 4.69) is 0 Å². The van der Waals surface area contributed by atoms with E-state index in [1.165, 1.54) is 6.08 Å². The molecule has 1 heterocycles. The smallest absolute Gasteiger partial charge is 0.398 e. The Hall–Kier alpha value is -1.57. The van der Waals surface area contributed by atoms with Crippen molar-refractivity contribution >= 4 is 12.6 Å². The van der Waals surface area contributed by atoms with Crippen molar-refractivity contribution in [1.29, 1.82) is 0 Å². The molecule has 23 heavy (non-hydrogen) atoms. The Balaban J connectivity index is 1.89. The van der Waals surface area contributed by atoms with Crippen LogP contribution in [0.5, 0.6) is 0 Å². The lowest BCUT2D eigenvalue weighted by Gasteiger charge is -2.23. The summed E-state index contributed by atoms with van der Waals surface area (Å²) in [6.45, 7) is 1.86. The summed E-state index contributed by atoms with van der Waals surface area (Å²) in [4.78, 5) is 0. The van der Waals surface area contributed by atoms with Crippen LogP contribution in [0, 0.1) is 0 Å². The number of fused-ring (bicyclic) bond motifs is 1. The summed E-state index contributed by atoms with van der Waals surface area (Å²) in [6.07, 6.45) is -2.55. The summed E-state index contributed by atoms with van der Waals surface area (Å²) in [6, 6.07) is 7.28. The highest BCUT2D eigenvalue weighted by molar-refractivity contribution is 6.62. The summed E-state index contributed by atoms with van der Waals surface area (Å²) < 4.78 is 56.0. The molecule has 0 aromatic heterocycles. The predicted molar refractivity (Wildman–Crippen MR) is 80.3 cm³/mol. The zero-order chi connectivity index (χ0) is 16.6. The third-order valence-corrected chi connectivity index (χ3v) is 4.10. The number of hydrogen-bond donors (Lipinski definition) is 0. The van der Waals surface area contributed by atoms with E-state index in [4.69, 9.17) is 14.0 Å². The lowest BCUT2D eigenvalue weighted by molar-refractivity contribution is -0.104. The monoisotopic (exact) mass is 324 g/mol. The third-order valence-electron chi connectivity index (χ3n) is 4.10. The van der Waals surface area contributed by atoms with Gasteiger partial charge in [0.05, 0.1) is 17.8 Å². The van der Waals surface area contributed by atoms with Crippen LogP contribution in [0.25, 0.3) is 0 Å². The van der Waals surface area contributed by atoms with Crippen molar-refractivity contribution in [3.63, 3.8) is 0 Å². The van der Waals surface area contributed by atoms with Crippen LogP contribution in [-0.4, -0.2) is 32.6 Å². The molecule has 1 aromatic carbocycles. The van der Waals surface area contributed by atoms with E-state index in [-0.39, 0.29) is 6.10 Å². The highest BCUT2D eigenvalue weighted by atomic mass is 19.4. The largest absolute Gasteiger partial charge is 0.495 e. The molecular weight excluding hydrogens is 308 g/mol. The topological polar surface area (TPSA) is 27.7 Å². The van der Waals surface area contributed by atoms with Gasteiger partial charge in [-0.2, -0.15) is 13.2 Å². The molecule has 1 aliphatic carbocycles. The minimum Gasteiger partial charge on any atom is -0.398 e. The fourth-order valence-electron chi connectivity index (χ4n) is 2.84. The maximum absolute atomic E-state index is 13.1. The number of rotatable bonds is 3. The van der Waals surface area contributed by atoms with Crippen LogP contribution in [0.2, 0.25) is 0 Å². The third kappa shape index (κ3) is 3.09. The van der Waals surface area contributed by atoms with Crippen LogP contribution in [0.4, 0.5) is 13.2 Å². The Morgan fingerprint density at radius 3 is 2.65 bits per heavy atom. The number of methoxy groups -OCH3 is 1. The van der Waals surface area contributed by atoms with E-state index in [9.17, 15) is 13.2 Å². The van der Waals surface area contributed by atoms with Gasteiger partial charge in [-0.15, -0.1) is 0 Å². The van der Waals surface area contributed by atoms with E-state index in [0.717, 1.165) is 11.6 Å². The Labute approximate surface area is 132 Å². The Bertz CT molecular complexity index is 642. The molecular formula is C16H16BF3O3. The number of allylic oxidation sites excluding steroid dienone is 2. The Morgan fingerprint density at radius 2 is 1.96 bits per heavy atom. The van der Waals surface area contributed by atoms with Gasteiger partial charge in [-0.1, -0.05) is 42.5 Å². The zero-order valence-corrected chi connectivity index (χ0v) is 12.7. The minimum atomic E-state index is -4.44. The summed E-state index contributed by atoms with van der Waals surface area (Å²) in [7, 11) is 0.720. The first-order chi connectivity index (χ1) is 10.9. The normalized spacial score (nSPS) is 25.3. The van der Waals surface area contributed by atoms with Gasteiger partial charge in [-0.05, 0) is 17.9 Å². The van der Waals surface area contributed by atoms with Gasteiger partial charge in [0, 0.05) is 7.11 Å². The predicted octanol–water partition coefficient (Wildman–Crippen LogP) is 2.93. The molecule has 7 heteroatoms. The van der Waals surface area contributed by atoms with Crippen molar-refractivity contribution in [3.05, 3.63) is 53.6 Å². The second-order valence-electron chi connectivity index (χ2n) is 5.50. The van der Waals surface area contributed by atoms with Crippen LogP contribution >= 0.6 is 0 Å². The van der Waals surface area contributed by atoms with Crippen molar-refractivity contribution in [2.45, 2.75) is 31.4 Å². The van der Waals surface area contributed by atoms with Gasteiger partial charge in [0.2, 0.25) is 0 Å². The zero-order valence-electron chi connectivity index (χ0n) is 12.7. The molecule has 0 saturated carbocycles. The Morgan fingerprint density at radius 1 is 1.22 bits per heavy atom. The molecule has 0 unspecified atom stereocenters. The van der Waals surface area contributed by atoms with Crippen LogP contribution < -0.4 is 5.46 Å². The SMILES string of the molecule is CO[C@@H](C)c1ccccc1B1O[C@H]2C=CC=C(C(F)(F)F)[C@H]2O1. The molecule has 1 saturated heterocycles. The molecule has 3 atom stereocenters. The molecule has 3 rings (SSSR count). The molecule has 0 spiro atoms. The van der Waals surface area contributed by atoms with Gasteiger partial charge in [0.1, 0.15) is 6.10 Å². The van der Waals surface area contributed by atoms with Gasteiger partial charge < -0.3 is 14.0 Å². The average Bonchev–Trinajstić information content (AvgIpc) is 2.96. The quantitative estimate of drug-likeness (QED) is 0.800. The van der Waals surface area contributed by atoms with Crippen LogP contribution in [0.15, 0.2) is 48.1 Å². The summed E-state index contributed by atoms with van der Waals surface area (Å²) >= 11 is 0. The molecule has 122 valence electrons. The van der Waals surface area contributed by atoms with E-state index in [1.807, 2.05) is 19.1 Å².